The number of aromatic nitrogens is 3. The Morgan fingerprint density at radius 3 is 2.55 bits per heavy atom. The third-order valence-corrected chi connectivity index (χ3v) is 4.07. The average Bonchev–Trinajstić information content (AvgIpc) is 3.10. The van der Waals surface area contributed by atoms with Crippen LogP contribution >= 0.6 is 0 Å². The van der Waals surface area contributed by atoms with E-state index in [1.165, 1.54) is 10.9 Å². The highest BCUT2D eigenvalue weighted by molar-refractivity contribution is 5.64. The number of hydrogen-bond donors (Lipinski definition) is 2. The van der Waals surface area contributed by atoms with Crippen molar-refractivity contribution in [2.24, 2.45) is 0 Å². The molecule has 3 rings (SSSR count). The molecule has 0 aliphatic heterocycles. The summed E-state index contributed by atoms with van der Waals surface area (Å²) in [5.41, 5.74) is 1.22. The molecule has 0 atom stereocenters. The molecule has 0 aliphatic carbocycles. The van der Waals surface area contributed by atoms with Gasteiger partial charge in [0.25, 0.3) is 0 Å². The number of nitrogens with zero attached hydrogens (tertiary/aromatic N) is 3. The van der Waals surface area contributed by atoms with Gasteiger partial charge in [-0.05, 0) is 35.4 Å². The van der Waals surface area contributed by atoms with Crippen molar-refractivity contribution in [2.75, 3.05) is 6.54 Å². The van der Waals surface area contributed by atoms with Crippen LogP contribution in [-0.4, -0.2) is 32.1 Å². The molecule has 0 spiro atoms. The molecular weight excluding hydrogens is 379 g/mol. The second-order valence-electron chi connectivity index (χ2n) is 6.14. The summed E-state index contributed by atoms with van der Waals surface area (Å²) in [6.07, 6.45) is 0.305. The molecule has 0 radical (unpaired) electrons. The van der Waals surface area contributed by atoms with Crippen molar-refractivity contribution >= 4 is 6.09 Å². The number of carboxylic acid groups (broad SMARTS) is 1. The molecule has 3 aromatic rings. The summed E-state index contributed by atoms with van der Waals surface area (Å²) in [5.74, 6) is 0.653. The average molecular weight is 398 g/mol. The number of nitrogens with one attached hydrogen (secondary N) is 1. The van der Waals surface area contributed by atoms with E-state index in [1.807, 2.05) is 35.6 Å². The Labute approximate surface area is 165 Å². The van der Waals surface area contributed by atoms with E-state index < -0.39 is 11.8 Å². The smallest absolute Gasteiger partial charge is 0.404 e. The van der Waals surface area contributed by atoms with Crippen molar-refractivity contribution < 1.29 is 19.0 Å². The van der Waals surface area contributed by atoms with E-state index in [1.54, 1.807) is 24.3 Å². The summed E-state index contributed by atoms with van der Waals surface area (Å²) in [6.45, 7) is 0.0280. The molecule has 8 nitrogen and oxygen atoms in total. The largest absolute Gasteiger partial charge is 0.489 e. The van der Waals surface area contributed by atoms with Gasteiger partial charge in [-0.15, -0.1) is 0 Å². The molecular formula is C20H19FN4O4. The molecule has 150 valence electrons. The molecule has 1 heterocycles. The van der Waals surface area contributed by atoms with E-state index in [9.17, 15) is 14.0 Å². The van der Waals surface area contributed by atoms with Gasteiger partial charge in [-0.3, -0.25) is 0 Å². The van der Waals surface area contributed by atoms with Gasteiger partial charge in [0.1, 0.15) is 18.7 Å². The van der Waals surface area contributed by atoms with Crippen LogP contribution in [0.4, 0.5) is 9.18 Å². The van der Waals surface area contributed by atoms with Crippen molar-refractivity contribution in [2.45, 2.75) is 13.2 Å². The molecule has 0 saturated heterocycles. The molecule has 0 saturated carbocycles. The molecule has 0 bridgehead atoms. The third-order valence-electron chi connectivity index (χ3n) is 4.07. The fraction of sp³-hybridized carbons (Fsp3) is 0.150. The van der Waals surface area contributed by atoms with E-state index in [4.69, 9.17) is 9.84 Å². The van der Waals surface area contributed by atoms with Crippen molar-refractivity contribution in [3.05, 3.63) is 88.9 Å². The van der Waals surface area contributed by atoms with Crippen molar-refractivity contribution in [3.8, 4) is 11.4 Å². The van der Waals surface area contributed by atoms with E-state index in [0.717, 1.165) is 10.2 Å². The number of ether oxygens (including phenoxy) is 1. The van der Waals surface area contributed by atoms with Gasteiger partial charge in [-0.1, -0.05) is 30.3 Å². The molecule has 1 aromatic heterocycles. The lowest BCUT2D eigenvalue weighted by Gasteiger charge is -2.07. The van der Waals surface area contributed by atoms with Gasteiger partial charge < -0.3 is 15.2 Å². The fourth-order valence-electron chi connectivity index (χ4n) is 2.58. The number of amides is 1. The summed E-state index contributed by atoms with van der Waals surface area (Å²) in [6, 6.07) is 16.7. The van der Waals surface area contributed by atoms with Gasteiger partial charge in [0.2, 0.25) is 0 Å². The predicted octanol–water partition coefficient (Wildman–Crippen LogP) is 2.73. The first-order valence-corrected chi connectivity index (χ1v) is 8.73. The molecule has 0 unspecified atom stereocenters. The minimum Gasteiger partial charge on any atom is -0.489 e. The van der Waals surface area contributed by atoms with Gasteiger partial charge in [0.15, 0.2) is 0 Å². The van der Waals surface area contributed by atoms with Crippen molar-refractivity contribution in [1.82, 2.24) is 19.7 Å². The van der Waals surface area contributed by atoms with E-state index in [0.29, 0.717) is 18.0 Å². The zero-order valence-corrected chi connectivity index (χ0v) is 15.4. The minimum absolute atomic E-state index is 0.0735. The zero-order chi connectivity index (χ0) is 20.6. The zero-order valence-electron chi connectivity index (χ0n) is 15.4. The lowest BCUT2D eigenvalue weighted by Crippen LogP contribution is -2.29. The van der Waals surface area contributed by atoms with E-state index >= 15 is 0 Å². The normalized spacial score (nSPS) is 11.3. The Morgan fingerprint density at radius 2 is 1.90 bits per heavy atom. The first-order valence-electron chi connectivity index (χ1n) is 8.73. The van der Waals surface area contributed by atoms with Crippen LogP contribution in [0.25, 0.3) is 5.69 Å². The van der Waals surface area contributed by atoms with Crippen LogP contribution in [0.3, 0.4) is 0 Å². The Kier molecular flexibility index (Phi) is 6.41. The fourth-order valence-corrected chi connectivity index (χ4v) is 2.58. The summed E-state index contributed by atoms with van der Waals surface area (Å²) in [7, 11) is 0. The lowest BCUT2D eigenvalue weighted by molar-refractivity contribution is 0.195. The van der Waals surface area contributed by atoms with Crippen molar-refractivity contribution in [1.29, 1.82) is 0 Å². The maximum atomic E-state index is 12.9. The first kappa shape index (κ1) is 19.9. The molecule has 2 N–H and O–H groups in total. The second kappa shape index (κ2) is 9.36. The number of hydrogen-bond acceptors (Lipinski definition) is 4. The summed E-state index contributed by atoms with van der Waals surface area (Å²) in [4.78, 5) is 23.0. The van der Waals surface area contributed by atoms with Crippen LogP contribution in [0.5, 0.6) is 5.75 Å². The van der Waals surface area contributed by atoms with E-state index in [-0.39, 0.29) is 25.0 Å². The van der Waals surface area contributed by atoms with Gasteiger partial charge in [-0.25, -0.2) is 23.2 Å². The van der Waals surface area contributed by atoms with Crippen LogP contribution in [0.1, 0.15) is 5.56 Å². The minimum atomic E-state index is -1.28. The maximum Gasteiger partial charge on any atom is 0.404 e. The molecule has 2 aromatic carbocycles. The maximum absolute atomic E-state index is 12.9. The van der Waals surface area contributed by atoms with Gasteiger partial charge >= 0.3 is 11.8 Å². The first-order chi connectivity index (χ1) is 14.1. The van der Waals surface area contributed by atoms with Crippen LogP contribution in [0, 0.1) is 0 Å². The highest BCUT2D eigenvalue weighted by Gasteiger charge is 2.10. The SMILES string of the molecule is O=C(O)NC/C(=C\F)Cn1ncn(-c2ccc(OCc3ccccc3)cc2)c1=O. The van der Waals surface area contributed by atoms with Crippen LogP contribution in [0.15, 0.2) is 77.6 Å². The number of carbonyl (C=O) groups is 1. The van der Waals surface area contributed by atoms with Gasteiger partial charge in [-0.2, -0.15) is 5.10 Å². The summed E-state index contributed by atoms with van der Waals surface area (Å²) < 4.78 is 21.0. The molecule has 1 amide bonds. The standard InChI is InChI=1S/C20H19FN4O4/c21-10-16(11-22-19(26)27)12-25-20(28)24(14-23-25)17-6-8-18(9-7-17)29-13-15-4-2-1-3-5-15/h1-10,14,22H,11-13H2,(H,26,27)/b16-10+. The topological polar surface area (TPSA) is 98.4 Å². The van der Waals surface area contributed by atoms with Crippen LogP contribution in [0.2, 0.25) is 0 Å². The second-order valence-corrected chi connectivity index (χ2v) is 6.14. The number of halogens is 1. The Morgan fingerprint density at radius 1 is 1.17 bits per heavy atom. The number of rotatable bonds is 8. The quantitative estimate of drug-likeness (QED) is 0.608. The lowest BCUT2D eigenvalue weighted by atomic mass is 10.2. The molecule has 29 heavy (non-hydrogen) atoms. The Balaban J connectivity index is 1.66. The van der Waals surface area contributed by atoms with E-state index in [2.05, 4.69) is 5.10 Å². The van der Waals surface area contributed by atoms with Gasteiger partial charge in [0.05, 0.1) is 18.6 Å². The third kappa shape index (κ3) is 5.32. The molecule has 0 aliphatic rings. The van der Waals surface area contributed by atoms with Crippen LogP contribution < -0.4 is 15.7 Å². The summed E-state index contributed by atoms with van der Waals surface area (Å²) >= 11 is 0. The summed E-state index contributed by atoms with van der Waals surface area (Å²) in [5, 5.41) is 14.6. The molecule has 0 fully saturated rings. The Bertz CT molecular complexity index is 1040. The molecule has 9 heteroatoms. The Hall–Kier alpha value is -3.88. The van der Waals surface area contributed by atoms with Crippen molar-refractivity contribution in [3.63, 3.8) is 0 Å². The predicted molar refractivity (Wildman–Crippen MR) is 104 cm³/mol. The monoisotopic (exact) mass is 398 g/mol. The van der Waals surface area contributed by atoms with Gasteiger partial charge in [0, 0.05) is 6.54 Å². The van der Waals surface area contributed by atoms with Crippen LogP contribution in [-0.2, 0) is 13.2 Å². The number of benzene rings is 2. The highest BCUT2D eigenvalue weighted by Crippen LogP contribution is 2.16. The highest BCUT2D eigenvalue weighted by atomic mass is 19.1.